The maximum atomic E-state index is 10.6. The van der Waals surface area contributed by atoms with Crippen LogP contribution in [-0.2, 0) is 16.0 Å². The van der Waals surface area contributed by atoms with Gasteiger partial charge in [0.1, 0.15) is 8.07 Å². The van der Waals surface area contributed by atoms with E-state index in [4.69, 9.17) is 9.15 Å². The van der Waals surface area contributed by atoms with Crippen LogP contribution in [0.2, 0.25) is 19.6 Å². The number of rotatable bonds is 15. The number of carbonyl (C=O) groups is 1. The molecule has 0 bridgehead atoms. The second kappa shape index (κ2) is 13.2. The SMILES string of the molecule is CC(=O)OCCCCCCCCCCCCCc1ccoc1[Si](C)(C)C. The molecule has 150 valence electrons. The van der Waals surface area contributed by atoms with Gasteiger partial charge in [-0.05, 0) is 30.9 Å². The third-order valence-corrected chi connectivity index (χ3v) is 6.63. The van der Waals surface area contributed by atoms with Crippen molar-refractivity contribution in [3.63, 3.8) is 0 Å². The number of hydrogen-bond acceptors (Lipinski definition) is 3. The number of furan rings is 1. The van der Waals surface area contributed by atoms with Gasteiger partial charge in [0.05, 0.1) is 18.3 Å². The van der Waals surface area contributed by atoms with Crippen LogP contribution in [0.3, 0.4) is 0 Å². The third kappa shape index (κ3) is 10.8. The second-order valence-corrected chi connectivity index (χ2v) is 13.5. The average molecular weight is 381 g/mol. The number of carbonyl (C=O) groups excluding carboxylic acids is 1. The number of unbranched alkanes of at least 4 members (excludes halogenated alkanes) is 10. The first kappa shape index (κ1) is 23.0. The van der Waals surface area contributed by atoms with Gasteiger partial charge < -0.3 is 9.15 Å². The van der Waals surface area contributed by atoms with Crippen molar-refractivity contribution < 1.29 is 13.9 Å². The molecule has 1 heterocycles. The Kier molecular flexibility index (Phi) is 11.7. The Balaban J connectivity index is 1.88. The Morgan fingerprint density at radius 3 is 1.88 bits per heavy atom. The summed E-state index contributed by atoms with van der Waals surface area (Å²) in [4.78, 5) is 10.6. The van der Waals surface area contributed by atoms with Crippen LogP contribution in [0.1, 0.15) is 83.1 Å². The Morgan fingerprint density at radius 1 is 0.885 bits per heavy atom. The molecule has 0 aliphatic carbocycles. The van der Waals surface area contributed by atoms with Crippen LogP contribution in [0.25, 0.3) is 0 Å². The van der Waals surface area contributed by atoms with Crippen molar-refractivity contribution in [1.29, 1.82) is 0 Å². The maximum Gasteiger partial charge on any atom is 0.302 e. The maximum absolute atomic E-state index is 10.6. The minimum absolute atomic E-state index is 0.161. The topological polar surface area (TPSA) is 39.4 Å². The van der Waals surface area contributed by atoms with Gasteiger partial charge in [0.25, 0.3) is 0 Å². The van der Waals surface area contributed by atoms with Crippen LogP contribution in [0.5, 0.6) is 0 Å². The smallest absolute Gasteiger partial charge is 0.302 e. The van der Waals surface area contributed by atoms with Gasteiger partial charge in [-0.25, -0.2) is 0 Å². The van der Waals surface area contributed by atoms with Gasteiger partial charge in [-0.1, -0.05) is 77.4 Å². The first-order valence-electron chi connectivity index (χ1n) is 10.6. The summed E-state index contributed by atoms with van der Waals surface area (Å²) < 4.78 is 10.7. The third-order valence-electron chi connectivity index (χ3n) is 4.82. The van der Waals surface area contributed by atoms with E-state index in [1.54, 1.807) is 0 Å². The molecule has 1 rings (SSSR count). The quantitative estimate of drug-likeness (QED) is 0.206. The van der Waals surface area contributed by atoms with Gasteiger partial charge in [-0.15, -0.1) is 0 Å². The summed E-state index contributed by atoms with van der Waals surface area (Å²) >= 11 is 0. The molecule has 0 amide bonds. The van der Waals surface area contributed by atoms with Crippen molar-refractivity contribution in [3.05, 3.63) is 17.9 Å². The van der Waals surface area contributed by atoms with Crippen molar-refractivity contribution in [2.75, 3.05) is 6.61 Å². The fourth-order valence-corrected chi connectivity index (χ4v) is 5.01. The van der Waals surface area contributed by atoms with Gasteiger partial charge in [0.2, 0.25) is 0 Å². The Hall–Kier alpha value is -1.03. The summed E-state index contributed by atoms with van der Waals surface area (Å²) in [6.45, 7) is 9.13. The summed E-state index contributed by atoms with van der Waals surface area (Å²) in [7, 11) is -1.32. The molecule has 3 nitrogen and oxygen atoms in total. The fourth-order valence-electron chi connectivity index (χ4n) is 3.42. The van der Waals surface area contributed by atoms with Crippen LogP contribution in [0.15, 0.2) is 16.7 Å². The zero-order chi connectivity index (χ0) is 19.3. The summed E-state index contributed by atoms with van der Waals surface area (Å²) in [6.07, 6.45) is 17.3. The number of esters is 1. The van der Waals surface area contributed by atoms with Crippen molar-refractivity contribution in [2.45, 2.75) is 104 Å². The molecular formula is C22H40O3Si. The highest BCUT2D eigenvalue weighted by molar-refractivity contribution is 6.88. The highest BCUT2D eigenvalue weighted by Gasteiger charge is 2.23. The molecule has 0 aliphatic rings. The van der Waals surface area contributed by atoms with Crippen LogP contribution in [0.4, 0.5) is 0 Å². The van der Waals surface area contributed by atoms with Gasteiger partial charge in [0, 0.05) is 6.92 Å². The van der Waals surface area contributed by atoms with Crippen molar-refractivity contribution in [2.24, 2.45) is 0 Å². The lowest BCUT2D eigenvalue weighted by atomic mass is 10.0. The molecule has 0 aromatic carbocycles. The van der Waals surface area contributed by atoms with Gasteiger partial charge >= 0.3 is 5.97 Å². The van der Waals surface area contributed by atoms with Gasteiger partial charge in [0.15, 0.2) is 0 Å². The molecule has 26 heavy (non-hydrogen) atoms. The van der Waals surface area contributed by atoms with E-state index < -0.39 is 8.07 Å². The number of ether oxygens (including phenoxy) is 1. The van der Waals surface area contributed by atoms with E-state index in [1.807, 2.05) is 6.26 Å². The summed E-state index contributed by atoms with van der Waals surface area (Å²) in [5, 5.41) is 1.30. The molecule has 0 saturated heterocycles. The zero-order valence-electron chi connectivity index (χ0n) is 17.6. The highest BCUT2D eigenvalue weighted by Crippen LogP contribution is 2.14. The van der Waals surface area contributed by atoms with Crippen molar-refractivity contribution in [1.82, 2.24) is 0 Å². The monoisotopic (exact) mass is 380 g/mol. The zero-order valence-corrected chi connectivity index (χ0v) is 18.6. The van der Waals surface area contributed by atoms with E-state index >= 15 is 0 Å². The molecule has 4 heteroatoms. The Labute approximate surface area is 161 Å². The molecule has 0 atom stereocenters. The predicted molar refractivity (Wildman–Crippen MR) is 113 cm³/mol. The van der Waals surface area contributed by atoms with E-state index in [1.165, 1.54) is 88.5 Å². The van der Waals surface area contributed by atoms with Gasteiger partial charge in [-0.3, -0.25) is 4.79 Å². The lowest BCUT2D eigenvalue weighted by molar-refractivity contribution is -0.141. The van der Waals surface area contributed by atoms with E-state index in [0.717, 1.165) is 6.42 Å². The van der Waals surface area contributed by atoms with Crippen LogP contribution in [0, 0.1) is 0 Å². The number of aryl methyl sites for hydroxylation is 1. The average Bonchev–Trinajstić information content (AvgIpc) is 3.03. The molecule has 0 unspecified atom stereocenters. The minimum atomic E-state index is -1.32. The molecule has 0 N–H and O–H groups in total. The molecule has 0 aliphatic heterocycles. The van der Waals surface area contributed by atoms with Crippen LogP contribution < -0.4 is 5.38 Å². The largest absolute Gasteiger partial charge is 0.474 e. The Bertz CT molecular complexity index is 488. The highest BCUT2D eigenvalue weighted by atomic mass is 28.3. The van der Waals surface area contributed by atoms with Crippen LogP contribution >= 0.6 is 0 Å². The van der Waals surface area contributed by atoms with Crippen molar-refractivity contribution in [3.8, 4) is 0 Å². The Morgan fingerprint density at radius 2 is 1.38 bits per heavy atom. The summed E-state index contributed by atoms with van der Waals surface area (Å²) in [6, 6.07) is 2.18. The fraction of sp³-hybridized carbons (Fsp3) is 0.773. The predicted octanol–water partition coefficient (Wildman–Crippen LogP) is 6.22. The molecule has 1 aromatic heterocycles. The van der Waals surface area contributed by atoms with E-state index in [0.29, 0.717) is 6.61 Å². The lowest BCUT2D eigenvalue weighted by Crippen LogP contribution is -2.38. The second-order valence-electron chi connectivity index (χ2n) is 8.50. The normalized spacial score (nSPS) is 11.7. The van der Waals surface area contributed by atoms with E-state index in [-0.39, 0.29) is 5.97 Å². The van der Waals surface area contributed by atoms with E-state index in [9.17, 15) is 4.79 Å². The lowest BCUT2D eigenvalue weighted by Gasteiger charge is -2.14. The van der Waals surface area contributed by atoms with Crippen LogP contribution in [-0.4, -0.2) is 20.7 Å². The molecule has 0 radical (unpaired) electrons. The molecule has 0 saturated carbocycles. The van der Waals surface area contributed by atoms with E-state index in [2.05, 4.69) is 25.7 Å². The first-order valence-corrected chi connectivity index (χ1v) is 14.1. The summed E-state index contributed by atoms with van der Waals surface area (Å²) in [5.74, 6) is -0.161. The van der Waals surface area contributed by atoms with Gasteiger partial charge in [-0.2, -0.15) is 0 Å². The van der Waals surface area contributed by atoms with Crippen molar-refractivity contribution >= 4 is 19.4 Å². The first-order chi connectivity index (χ1) is 12.4. The summed E-state index contributed by atoms with van der Waals surface area (Å²) in [5.41, 5.74) is 1.46. The number of hydrogen-bond donors (Lipinski definition) is 0. The molecule has 0 spiro atoms. The minimum Gasteiger partial charge on any atom is -0.474 e. The molecular weight excluding hydrogens is 340 g/mol. The molecule has 1 aromatic rings. The molecule has 0 fully saturated rings. The standard InChI is InChI=1S/C22H40O3Si/c1-20(23)24-18-15-13-11-9-7-5-6-8-10-12-14-16-21-17-19-25-22(21)26(2,3)4/h17,19H,5-16,18H2,1-4H3.